The van der Waals surface area contributed by atoms with E-state index in [1.165, 1.54) is 22.3 Å². The molecule has 0 fully saturated rings. The molecule has 0 saturated heterocycles. The molecule has 0 aromatic heterocycles. The van der Waals surface area contributed by atoms with Crippen LogP contribution in [0.25, 0.3) is 0 Å². The van der Waals surface area contributed by atoms with Crippen molar-refractivity contribution in [2.75, 3.05) is 26.4 Å². The van der Waals surface area contributed by atoms with E-state index in [-0.39, 0.29) is 31.8 Å². The highest BCUT2D eigenvalue weighted by Crippen LogP contribution is 2.59. The molecule has 3 aromatic rings. The number of fused-ring (bicyclic) bond motifs is 1. The molecule has 27 heavy (non-hydrogen) atoms. The van der Waals surface area contributed by atoms with Crippen LogP contribution in [0.1, 0.15) is 22.3 Å². The molecule has 0 spiro atoms. The summed E-state index contributed by atoms with van der Waals surface area (Å²) >= 11 is 0. The summed E-state index contributed by atoms with van der Waals surface area (Å²) in [6, 6.07) is 24.6. The second-order valence-corrected chi connectivity index (χ2v) is 6.49. The van der Waals surface area contributed by atoms with Crippen LogP contribution in [0.2, 0.25) is 0 Å². The lowest BCUT2D eigenvalue weighted by molar-refractivity contribution is 0.201. The van der Waals surface area contributed by atoms with Gasteiger partial charge in [-0.25, -0.2) is 0 Å². The van der Waals surface area contributed by atoms with Crippen molar-refractivity contribution in [3.8, 4) is 11.5 Å². The van der Waals surface area contributed by atoms with Crippen molar-refractivity contribution < 1.29 is 19.7 Å². The molecule has 1 aliphatic rings. The van der Waals surface area contributed by atoms with Crippen molar-refractivity contribution in [2.45, 2.75) is 5.41 Å². The molecule has 0 amide bonds. The second kappa shape index (κ2) is 7.43. The minimum atomic E-state index is -0.280. The van der Waals surface area contributed by atoms with E-state index in [0.717, 1.165) is 11.5 Å². The predicted octanol–water partition coefficient (Wildman–Crippen LogP) is 3.12. The van der Waals surface area contributed by atoms with E-state index >= 15 is 0 Å². The Hall–Kier alpha value is -2.82. The first-order valence-corrected chi connectivity index (χ1v) is 9.09. The topological polar surface area (TPSA) is 58.9 Å². The summed E-state index contributed by atoms with van der Waals surface area (Å²) in [7, 11) is 0. The number of ether oxygens (including phenoxy) is 2. The van der Waals surface area contributed by atoms with Crippen LogP contribution < -0.4 is 9.47 Å². The highest BCUT2D eigenvalue weighted by Gasteiger charge is 2.53. The second-order valence-electron chi connectivity index (χ2n) is 6.49. The van der Waals surface area contributed by atoms with Crippen molar-refractivity contribution in [2.24, 2.45) is 0 Å². The monoisotopic (exact) mass is 362 g/mol. The molecular weight excluding hydrogens is 340 g/mol. The van der Waals surface area contributed by atoms with Gasteiger partial charge in [-0.3, -0.25) is 0 Å². The van der Waals surface area contributed by atoms with Crippen LogP contribution >= 0.6 is 0 Å². The van der Waals surface area contributed by atoms with Crippen LogP contribution in [0.4, 0.5) is 0 Å². The third-order valence-corrected chi connectivity index (χ3v) is 4.95. The summed E-state index contributed by atoms with van der Waals surface area (Å²) in [6.07, 6.45) is 0. The summed E-state index contributed by atoms with van der Waals surface area (Å²) < 4.78 is 11.1. The lowest BCUT2D eigenvalue weighted by atomic mass is 9.84. The number of rotatable bonds is 8. The first kappa shape index (κ1) is 17.6. The zero-order valence-electron chi connectivity index (χ0n) is 15.0. The van der Waals surface area contributed by atoms with Gasteiger partial charge in [-0.2, -0.15) is 0 Å². The molecule has 0 bridgehead atoms. The van der Waals surface area contributed by atoms with Gasteiger partial charge >= 0.3 is 0 Å². The van der Waals surface area contributed by atoms with E-state index in [1.807, 2.05) is 24.3 Å². The van der Waals surface area contributed by atoms with Gasteiger partial charge in [-0.1, -0.05) is 48.5 Å². The predicted molar refractivity (Wildman–Crippen MR) is 103 cm³/mol. The summed E-state index contributed by atoms with van der Waals surface area (Å²) in [6.45, 7) is 0.566. The smallest absolute Gasteiger partial charge is 0.119 e. The fourth-order valence-electron chi connectivity index (χ4n) is 3.77. The Morgan fingerprint density at radius 3 is 1.89 bits per heavy atom. The van der Waals surface area contributed by atoms with Gasteiger partial charge in [-0.15, -0.1) is 0 Å². The van der Waals surface area contributed by atoms with Gasteiger partial charge in [0, 0.05) is 0 Å². The first-order chi connectivity index (χ1) is 13.3. The highest BCUT2D eigenvalue weighted by atomic mass is 16.5. The lowest BCUT2D eigenvalue weighted by Gasteiger charge is -2.18. The number of aliphatic hydroxyl groups is 2. The minimum Gasteiger partial charge on any atom is -0.491 e. The Labute approximate surface area is 158 Å². The fraction of sp³-hybridized carbons (Fsp3) is 0.217. The van der Waals surface area contributed by atoms with Crippen molar-refractivity contribution in [3.63, 3.8) is 0 Å². The van der Waals surface area contributed by atoms with Crippen LogP contribution in [0.15, 0.2) is 72.8 Å². The quantitative estimate of drug-likeness (QED) is 0.506. The third-order valence-electron chi connectivity index (χ3n) is 4.95. The van der Waals surface area contributed by atoms with E-state index in [0.29, 0.717) is 0 Å². The van der Waals surface area contributed by atoms with Gasteiger partial charge in [0.15, 0.2) is 0 Å². The number of hydrogen-bond acceptors (Lipinski definition) is 4. The van der Waals surface area contributed by atoms with Crippen LogP contribution in [0, 0.1) is 0 Å². The summed E-state index contributed by atoms with van der Waals surface area (Å²) in [5.74, 6) is 1.51. The van der Waals surface area contributed by atoms with Gasteiger partial charge < -0.3 is 19.7 Å². The fourth-order valence-corrected chi connectivity index (χ4v) is 3.77. The minimum absolute atomic E-state index is 0.00222. The number of benzene rings is 3. The van der Waals surface area contributed by atoms with Gasteiger partial charge in [0.2, 0.25) is 0 Å². The van der Waals surface area contributed by atoms with E-state index < -0.39 is 0 Å². The van der Waals surface area contributed by atoms with Crippen LogP contribution in [-0.4, -0.2) is 36.6 Å². The molecule has 0 aliphatic heterocycles. The van der Waals surface area contributed by atoms with E-state index in [4.69, 9.17) is 19.7 Å². The Kier molecular flexibility index (Phi) is 4.84. The molecule has 138 valence electrons. The molecule has 0 saturated carbocycles. The van der Waals surface area contributed by atoms with Crippen molar-refractivity contribution >= 4 is 0 Å². The van der Waals surface area contributed by atoms with E-state index in [9.17, 15) is 0 Å². The maximum atomic E-state index is 9.00. The molecule has 2 N–H and O–H groups in total. The average Bonchev–Trinajstić information content (AvgIpc) is 3.40. The Bertz CT molecular complexity index is 905. The zero-order valence-corrected chi connectivity index (χ0v) is 15.0. The first-order valence-electron chi connectivity index (χ1n) is 9.09. The van der Waals surface area contributed by atoms with Crippen LogP contribution in [0.5, 0.6) is 11.5 Å². The third kappa shape index (κ3) is 3.07. The van der Waals surface area contributed by atoms with Crippen molar-refractivity contribution in [1.82, 2.24) is 0 Å². The average molecular weight is 362 g/mol. The normalized spacial score (nSPS) is 17.3. The Balaban J connectivity index is 1.73. The molecular formula is C23H22O4. The zero-order chi connectivity index (χ0) is 18.7. The summed E-state index contributed by atoms with van der Waals surface area (Å²) in [5.41, 5.74) is 4.57. The van der Waals surface area contributed by atoms with Gasteiger partial charge in [-0.05, 0) is 46.5 Å². The summed E-state index contributed by atoms with van der Waals surface area (Å²) in [5, 5.41) is 17.9. The van der Waals surface area contributed by atoms with Crippen molar-refractivity contribution in [3.05, 3.63) is 95.1 Å². The maximum absolute atomic E-state index is 9.00. The standard InChI is InChI=1S/C23H22O4/c24-12-14-26-19-8-6-18(7-9-19)23(17-4-2-1-3-5-17)21-11-10-20(16-22(21)23)27-15-13-25/h1-11,16,24-25H,12-15H2. The van der Waals surface area contributed by atoms with Gasteiger partial charge in [0.1, 0.15) is 24.7 Å². The summed E-state index contributed by atoms with van der Waals surface area (Å²) in [4.78, 5) is 0. The van der Waals surface area contributed by atoms with Crippen LogP contribution in [0.3, 0.4) is 0 Å². The molecule has 1 atom stereocenters. The number of hydrogen-bond donors (Lipinski definition) is 2. The molecule has 1 unspecified atom stereocenters. The molecule has 4 nitrogen and oxygen atoms in total. The molecule has 3 aromatic carbocycles. The Morgan fingerprint density at radius 2 is 1.22 bits per heavy atom. The van der Waals surface area contributed by atoms with Gasteiger partial charge in [0.05, 0.1) is 18.6 Å². The molecule has 4 rings (SSSR count). The van der Waals surface area contributed by atoms with Crippen LogP contribution in [-0.2, 0) is 5.41 Å². The largest absolute Gasteiger partial charge is 0.491 e. The van der Waals surface area contributed by atoms with Gasteiger partial charge in [0.25, 0.3) is 0 Å². The van der Waals surface area contributed by atoms with E-state index in [2.05, 4.69) is 48.5 Å². The van der Waals surface area contributed by atoms with E-state index in [1.54, 1.807) is 0 Å². The maximum Gasteiger partial charge on any atom is 0.119 e. The lowest BCUT2D eigenvalue weighted by Crippen LogP contribution is -2.12. The number of aliphatic hydroxyl groups excluding tert-OH is 2. The highest BCUT2D eigenvalue weighted by molar-refractivity contribution is 5.76. The SMILES string of the molecule is OCCOc1ccc(C2(c3ccccc3)c3ccc(OCCO)cc32)cc1. The Morgan fingerprint density at radius 1 is 0.630 bits per heavy atom. The molecule has 0 radical (unpaired) electrons. The molecule has 1 aliphatic carbocycles. The molecule has 4 heteroatoms. The van der Waals surface area contributed by atoms with Crippen molar-refractivity contribution in [1.29, 1.82) is 0 Å². The molecule has 0 heterocycles.